The second kappa shape index (κ2) is 4.34. The van der Waals surface area contributed by atoms with Gasteiger partial charge in [0.25, 0.3) is 0 Å². The maximum absolute atomic E-state index is 13.0. The van der Waals surface area contributed by atoms with E-state index in [2.05, 4.69) is 25.9 Å². The van der Waals surface area contributed by atoms with Crippen molar-refractivity contribution in [3.8, 4) is 0 Å². The quantitative estimate of drug-likeness (QED) is 0.694. The van der Waals surface area contributed by atoms with Crippen LogP contribution in [0.4, 0.5) is 17.6 Å². The summed E-state index contributed by atoms with van der Waals surface area (Å²) in [5.41, 5.74) is -0.337. The topological polar surface area (TPSA) is 45.8 Å². The van der Waals surface area contributed by atoms with E-state index < -0.39 is 23.7 Å². The number of carbonyl (C=O) groups is 1. The minimum Gasteiger partial charge on any atom is -0.345 e. The van der Waals surface area contributed by atoms with Gasteiger partial charge in [-0.05, 0) is 22.0 Å². The first-order valence-electron chi connectivity index (χ1n) is 4.67. The number of pyridine rings is 1. The number of aromatic nitrogens is 2. The fourth-order valence-electron chi connectivity index (χ4n) is 1.44. The maximum Gasteiger partial charge on any atom is 0.368 e. The number of nitrogens with zero attached hydrogens (tertiary/aromatic N) is 1. The fraction of sp³-hybridized carbons (Fsp3) is 0.200. The highest BCUT2D eigenvalue weighted by Gasteiger charge is 2.49. The van der Waals surface area contributed by atoms with Crippen LogP contribution in [0.2, 0.25) is 0 Å². The molecule has 0 saturated heterocycles. The summed E-state index contributed by atoms with van der Waals surface area (Å²) < 4.78 is 50.7. The molecule has 0 radical (unpaired) electrons. The van der Waals surface area contributed by atoms with Crippen molar-refractivity contribution in [1.29, 1.82) is 0 Å². The number of carbonyl (C=O) groups excluding carboxylic acids is 1. The molecule has 0 aliphatic carbocycles. The lowest BCUT2D eigenvalue weighted by molar-refractivity contribution is -0.0957. The van der Waals surface area contributed by atoms with Crippen LogP contribution >= 0.6 is 15.9 Å². The predicted octanol–water partition coefficient (Wildman–Crippen LogP) is 3.41. The van der Waals surface area contributed by atoms with E-state index in [-0.39, 0.29) is 11.0 Å². The van der Waals surface area contributed by atoms with Crippen LogP contribution in [0.5, 0.6) is 0 Å². The molecule has 96 valence electrons. The molecule has 2 rings (SSSR count). The number of halogens is 5. The third-order valence-corrected chi connectivity index (χ3v) is 2.75. The number of aromatic amines is 1. The molecule has 0 bridgehead atoms. The predicted molar refractivity (Wildman–Crippen MR) is 59.1 cm³/mol. The van der Waals surface area contributed by atoms with Crippen molar-refractivity contribution in [2.24, 2.45) is 0 Å². The van der Waals surface area contributed by atoms with Gasteiger partial charge in [0.1, 0.15) is 5.65 Å². The molecule has 2 aromatic rings. The van der Waals surface area contributed by atoms with Crippen molar-refractivity contribution in [1.82, 2.24) is 9.97 Å². The smallest absolute Gasteiger partial charge is 0.345 e. The number of fused-ring (bicyclic) bond motifs is 1. The first-order valence-corrected chi connectivity index (χ1v) is 5.46. The Morgan fingerprint density at radius 3 is 2.72 bits per heavy atom. The number of Topliss-reactive ketones (excluding diaryl/α,β-unsaturated/α-hetero) is 1. The molecule has 0 unspecified atom stereocenters. The normalized spacial score (nSPS) is 12.3. The van der Waals surface area contributed by atoms with Crippen molar-refractivity contribution in [2.45, 2.75) is 12.3 Å². The van der Waals surface area contributed by atoms with Gasteiger partial charge < -0.3 is 4.98 Å². The molecule has 3 nitrogen and oxygen atoms in total. The molecule has 0 aliphatic rings. The minimum absolute atomic E-state index is 0.0645. The monoisotopic (exact) mass is 324 g/mol. The summed E-state index contributed by atoms with van der Waals surface area (Å²) in [5, 5.41) is 0.0645. The number of nitrogens with one attached hydrogen (secondary N) is 1. The van der Waals surface area contributed by atoms with Gasteiger partial charge in [-0.1, -0.05) is 0 Å². The number of rotatable bonds is 3. The average molecular weight is 325 g/mol. The SMILES string of the molecule is O=C(c1c[nH]c2ncc(Br)cc12)C(F)(F)C(F)F. The van der Waals surface area contributed by atoms with E-state index in [0.29, 0.717) is 4.47 Å². The van der Waals surface area contributed by atoms with E-state index in [1.54, 1.807) is 0 Å². The second-order valence-electron chi connectivity index (χ2n) is 3.50. The van der Waals surface area contributed by atoms with Crippen LogP contribution in [-0.4, -0.2) is 28.1 Å². The summed E-state index contributed by atoms with van der Waals surface area (Å²) in [7, 11) is 0. The van der Waals surface area contributed by atoms with E-state index in [4.69, 9.17) is 0 Å². The molecule has 18 heavy (non-hydrogen) atoms. The Labute approximate surface area is 106 Å². The van der Waals surface area contributed by atoms with Crippen molar-refractivity contribution in [2.75, 3.05) is 0 Å². The first kappa shape index (κ1) is 13.0. The summed E-state index contributed by atoms with van der Waals surface area (Å²) in [6, 6.07) is 1.35. The van der Waals surface area contributed by atoms with Crippen LogP contribution in [0.15, 0.2) is 22.9 Å². The zero-order chi connectivity index (χ0) is 13.5. The Kier molecular flexibility index (Phi) is 3.14. The maximum atomic E-state index is 13.0. The van der Waals surface area contributed by atoms with Gasteiger partial charge >= 0.3 is 12.3 Å². The van der Waals surface area contributed by atoms with Crippen molar-refractivity contribution in [3.05, 3.63) is 28.5 Å². The molecule has 0 aromatic carbocycles. The van der Waals surface area contributed by atoms with Gasteiger partial charge in [0.05, 0.1) is 5.56 Å². The van der Waals surface area contributed by atoms with Gasteiger partial charge in [-0.2, -0.15) is 8.78 Å². The Morgan fingerprint density at radius 1 is 1.44 bits per heavy atom. The second-order valence-corrected chi connectivity index (χ2v) is 4.42. The molecule has 2 aromatic heterocycles. The fourth-order valence-corrected chi connectivity index (χ4v) is 1.78. The first-order chi connectivity index (χ1) is 8.34. The molecule has 0 atom stereocenters. The van der Waals surface area contributed by atoms with Crippen LogP contribution in [0.1, 0.15) is 10.4 Å². The number of hydrogen-bond acceptors (Lipinski definition) is 2. The average Bonchev–Trinajstić information content (AvgIpc) is 2.70. The van der Waals surface area contributed by atoms with Crippen LogP contribution in [-0.2, 0) is 0 Å². The zero-order valence-electron chi connectivity index (χ0n) is 8.55. The highest BCUT2D eigenvalue weighted by atomic mass is 79.9. The van der Waals surface area contributed by atoms with Gasteiger partial charge in [-0.15, -0.1) is 0 Å². The molecule has 0 saturated carbocycles. The molecule has 0 aliphatic heterocycles. The third-order valence-electron chi connectivity index (χ3n) is 2.32. The number of alkyl halides is 4. The lowest BCUT2D eigenvalue weighted by atomic mass is 10.1. The van der Waals surface area contributed by atoms with Gasteiger partial charge in [-0.3, -0.25) is 4.79 Å². The minimum atomic E-state index is -4.71. The van der Waals surface area contributed by atoms with Crippen molar-refractivity contribution < 1.29 is 22.4 Å². The van der Waals surface area contributed by atoms with Gasteiger partial charge in [-0.25, -0.2) is 13.8 Å². The van der Waals surface area contributed by atoms with E-state index in [9.17, 15) is 22.4 Å². The lowest BCUT2D eigenvalue weighted by Gasteiger charge is -2.12. The Hall–Kier alpha value is -1.44. The molecule has 2 heterocycles. The van der Waals surface area contributed by atoms with E-state index >= 15 is 0 Å². The number of ketones is 1. The van der Waals surface area contributed by atoms with E-state index in [1.165, 1.54) is 12.3 Å². The standard InChI is InChI=1S/C10H5BrF4N2O/c11-4-1-5-6(3-17-8(5)16-2-4)7(18)10(14,15)9(12)13/h1-3,9H,(H,16,17). The summed E-state index contributed by atoms with van der Waals surface area (Å²) >= 11 is 3.06. The Bertz CT molecular complexity index is 611. The summed E-state index contributed by atoms with van der Waals surface area (Å²) in [4.78, 5) is 17.7. The molecular formula is C10H5BrF4N2O. The van der Waals surface area contributed by atoms with E-state index in [0.717, 1.165) is 6.20 Å². The summed E-state index contributed by atoms with van der Waals surface area (Å²) in [5.74, 6) is -6.64. The van der Waals surface area contributed by atoms with Crippen molar-refractivity contribution in [3.63, 3.8) is 0 Å². The van der Waals surface area contributed by atoms with Crippen molar-refractivity contribution >= 4 is 32.7 Å². The number of H-pyrrole nitrogens is 1. The van der Waals surface area contributed by atoms with Gasteiger partial charge in [0, 0.05) is 22.3 Å². The van der Waals surface area contributed by atoms with Crippen LogP contribution in [0, 0.1) is 0 Å². The molecule has 0 spiro atoms. The molecule has 8 heteroatoms. The van der Waals surface area contributed by atoms with Gasteiger partial charge in [0.2, 0.25) is 5.78 Å². The Balaban J connectivity index is 2.55. The van der Waals surface area contributed by atoms with Gasteiger partial charge in [0.15, 0.2) is 0 Å². The molecule has 1 N–H and O–H groups in total. The van der Waals surface area contributed by atoms with Crippen LogP contribution in [0.25, 0.3) is 11.0 Å². The summed E-state index contributed by atoms with van der Waals surface area (Å²) in [6.07, 6.45) is -1.71. The lowest BCUT2D eigenvalue weighted by Crippen LogP contribution is -2.36. The van der Waals surface area contributed by atoms with Crippen LogP contribution < -0.4 is 0 Å². The van der Waals surface area contributed by atoms with Crippen LogP contribution in [0.3, 0.4) is 0 Å². The van der Waals surface area contributed by atoms with E-state index in [1.807, 2.05) is 0 Å². The number of hydrogen-bond donors (Lipinski definition) is 1. The highest BCUT2D eigenvalue weighted by molar-refractivity contribution is 9.10. The highest BCUT2D eigenvalue weighted by Crippen LogP contribution is 2.30. The zero-order valence-corrected chi connectivity index (χ0v) is 10.1. The molecule has 0 fully saturated rings. The third kappa shape index (κ3) is 2.00. The molecule has 0 amide bonds. The largest absolute Gasteiger partial charge is 0.368 e. The Morgan fingerprint density at radius 2 is 2.11 bits per heavy atom. The molecular weight excluding hydrogens is 320 g/mol. The summed E-state index contributed by atoms with van der Waals surface area (Å²) in [6.45, 7) is 0.